The van der Waals surface area contributed by atoms with Gasteiger partial charge in [0, 0.05) is 44.1 Å². The SMILES string of the molecule is Cc1cc(OCCN2CCN(CCc3cccs3)CC2)ccc1C(C)C. The Morgan fingerprint density at radius 2 is 1.77 bits per heavy atom. The molecule has 142 valence electrons. The molecule has 0 bridgehead atoms. The molecule has 0 spiro atoms. The van der Waals surface area contributed by atoms with Crippen molar-refractivity contribution in [2.45, 2.75) is 33.1 Å². The summed E-state index contributed by atoms with van der Waals surface area (Å²) in [4.78, 5) is 6.61. The minimum atomic E-state index is 0.570. The minimum Gasteiger partial charge on any atom is -0.492 e. The van der Waals surface area contributed by atoms with Gasteiger partial charge in [0.05, 0.1) is 0 Å². The van der Waals surface area contributed by atoms with Gasteiger partial charge in [-0.1, -0.05) is 26.0 Å². The highest BCUT2D eigenvalue weighted by Crippen LogP contribution is 2.23. The van der Waals surface area contributed by atoms with E-state index >= 15 is 0 Å². The first kappa shape index (κ1) is 19.4. The van der Waals surface area contributed by atoms with E-state index < -0.39 is 0 Å². The molecule has 0 unspecified atom stereocenters. The van der Waals surface area contributed by atoms with Crippen LogP contribution in [0.4, 0.5) is 0 Å². The summed E-state index contributed by atoms with van der Waals surface area (Å²) in [6.45, 7) is 14.3. The molecule has 1 aliphatic heterocycles. The van der Waals surface area contributed by atoms with E-state index in [-0.39, 0.29) is 0 Å². The molecule has 2 heterocycles. The summed E-state index contributed by atoms with van der Waals surface area (Å²) in [7, 11) is 0. The Balaban J connectivity index is 1.34. The Kier molecular flexibility index (Phi) is 7.12. The maximum absolute atomic E-state index is 5.99. The zero-order valence-electron chi connectivity index (χ0n) is 16.4. The van der Waals surface area contributed by atoms with Gasteiger partial charge in [-0.15, -0.1) is 11.3 Å². The predicted molar refractivity (Wildman–Crippen MR) is 112 cm³/mol. The first-order chi connectivity index (χ1) is 12.6. The van der Waals surface area contributed by atoms with Gasteiger partial charge in [0.15, 0.2) is 0 Å². The van der Waals surface area contributed by atoms with E-state index in [2.05, 4.69) is 66.3 Å². The molecule has 0 saturated carbocycles. The van der Waals surface area contributed by atoms with Crippen molar-refractivity contribution in [3.8, 4) is 5.75 Å². The Labute approximate surface area is 162 Å². The zero-order valence-corrected chi connectivity index (χ0v) is 17.2. The van der Waals surface area contributed by atoms with Gasteiger partial charge in [-0.05, 0) is 54.0 Å². The van der Waals surface area contributed by atoms with Crippen LogP contribution in [0, 0.1) is 6.92 Å². The number of nitrogens with zero attached hydrogens (tertiary/aromatic N) is 2. The third kappa shape index (κ3) is 5.57. The monoisotopic (exact) mass is 372 g/mol. The molecule has 0 radical (unpaired) electrons. The van der Waals surface area contributed by atoms with E-state index in [9.17, 15) is 0 Å². The van der Waals surface area contributed by atoms with Crippen LogP contribution in [0.25, 0.3) is 0 Å². The number of thiophene rings is 1. The van der Waals surface area contributed by atoms with Crippen LogP contribution in [-0.2, 0) is 6.42 Å². The molecule has 1 aromatic heterocycles. The van der Waals surface area contributed by atoms with Crippen molar-refractivity contribution in [3.63, 3.8) is 0 Å². The molecule has 0 amide bonds. The van der Waals surface area contributed by atoms with Crippen LogP contribution >= 0.6 is 11.3 Å². The van der Waals surface area contributed by atoms with E-state index in [1.165, 1.54) is 42.1 Å². The van der Waals surface area contributed by atoms with Gasteiger partial charge in [0.25, 0.3) is 0 Å². The lowest BCUT2D eigenvalue weighted by molar-refractivity contribution is 0.118. The van der Waals surface area contributed by atoms with Crippen LogP contribution in [0.5, 0.6) is 5.75 Å². The molecule has 1 aliphatic rings. The highest BCUT2D eigenvalue weighted by molar-refractivity contribution is 7.09. The van der Waals surface area contributed by atoms with Crippen molar-refractivity contribution < 1.29 is 4.74 Å². The van der Waals surface area contributed by atoms with Crippen LogP contribution in [0.2, 0.25) is 0 Å². The fraction of sp³-hybridized carbons (Fsp3) is 0.545. The van der Waals surface area contributed by atoms with Gasteiger partial charge in [-0.2, -0.15) is 0 Å². The van der Waals surface area contributed by atoms with Crippen molar-refractivity contribution in [2.24, 2.45) is 0 Å². The van der Waals surface area contributed by atoms with E-state index in [4.69, 9.17) is 4.74 Å². The normalized spacial score (nSPS) is 16.3. The second kappa shape index (κ2) is 9.54. The summed E-state index contributed by atoms with van der Waals surface area (Å²) in [5.74, 6) is 1.57. The van der Waals surface area contributed by atoms with E-state index in [1.54, 1.807) is 0 Å². The Morgan fingerprint density at radius 3 is 2.38 bits per heavy atom. The van der Waals surface area contributed by atoms with Crippen molar-refractivity contribution in [3.05, 3.63) is 51.7 Å². The summed E-state index contributed by atoms with van der Waals surface area (Å²) in [6, 6.07) is 10.9. The average molecular weight is 373 g/mol. The molecule has 1 aromatic carbocycles. The standard InChI is InChI=1S/C22H32N2OS/c1-18(2)22-7-6-20(17-19(22)3)25-15-14-24-12-10-23(11-13-24)9-8-21-5-4-16-26-21/h4-7,16-18H,8-15H2,1-3H3. The number of hydrogen-bond acceptors (Lipinski definition) is 4. The molecule has 4 heteroatoms. The number of ether oxygens (including phenoxy) is 1. The van der Waals surface area contributed by atoms with Crippen molar-refractivity contribution >= 4 is 11.3 Å². The van der Waals surface area contributed by atoms with Gasteiger partial charge < -0.3 is 9.64 Å². The molecule has 1 fully saturated rings. The average Bonchev–Trinajstić information content (AvgIpc) is 3.14. The lowest BCUT2D eigenvalue weighted by Gasteiger charge is -2.34. The van der Waals surface area contributed by atoms with Crippen LogP contribution in [0.3, 0.4) is 0 Å². The largest absolute Gasteiger partial charge is 0.492 e. The molecule has 3 rings (SSSR count). The molecule has 1 saturated heterocycles. The van der Waals surface area contributed by atoms with Gasteiger partial charge in [0.2, 0.25) is 0 Å². The topological polar surface area (TPSA) is 15.7 Å². The van der Waals surface area contributed by atoms with E-state index in [0.29, 0.717) is 5.92 Å². The lowest BCUT2D eigenvalue weighted by Crippen LogP contribution is -2.47. The minimum absolute atomic E-state index is 0.570. The quantitative estimate of drug-likeness (QED) is 0.682. The van der Waals surface area contributed by atoms with E-state index in [0.717, 1.165) is 32.0 Å². The van der Waals surface area contributed by atoms with Crippen molar-refractivity contribution in [1.82, 2.24) is 9.80 Å². The summed E-state index contributed by atoms with van der Waals surface area (Å²) in [5.41, 5.74) is 2.74. The highest BCUT2D eigenvalue weighted by Gasteiger charge is 2.16. The molecule has 26 heavy (non-hydrogen) atoms. The summed E-state index contributed by atoms with van der Waals surface area (Å²) < 4.78 is 5.99. The number of rotatable bonds is 8. The molecule has 0 aliphatic carbocycles. The first-order valence-corrected chi connectivity index (χ1v) is 10.7. The summed E-state index contributed by atoms with van der Waals surface area (Å²) in [6.07, 6.45) is 1.19. The summed E-state index contributed by atoms with van der Waals surface area (Å²) in [5, 5.41) is 2.17. The zero-order chi connectivity index (χ0) is 18.4. The van der Waals surface area contributed by atoms with Crippen LogP contribution in [-0.4, -0.2) is 55.7 Å². The van der Waals surface area contributed by atoms with Crippen LogP contribution in [0.15, 0.2) is 35.7 Å². The Bertz CT molecular complexity index is 661. The third-order valence-corrected chi connectivity index (χ3v) is 6.20. The fourth-order valence-corrected chi connectivity index (χ4v) is 4.34. The first-order valence-electron chi connectivity index (χ1n) is 9.82. The molecule has 0 N–H and O–H groups in total. The summed E-state index contributed by atoms with van der Waals surface area (Å²) >= 11 is 1.87. The van der Waals surface area contributed by atoms with Crippen LogP contribution in [0.1, 0.15) is 35.8 Å². The molecule has 2 aromatic rings. The number of piperazine rings is 1. The maximum atomic E-state index is 5.99. The highest BCUT2D eigenvalue weighted by atomic mass is 32.1. The van der Waals surface area contributed by atoms with Gasteiger partial charge in [-0.25, -0.2) is 0 Å². The van der Waals surface area contributed by atoms with E-state index in [1.807, 2.05) is 11.3 Å². The second-order valence-electron chi connectivity index (χ2n) is 7.53. The van der Waals surface area contributed by atoms with Crippen molar-refractivity contribution in [1.29, 1.82) is 0 Å². The van der Waals surface area contributed by atoms with Gasteiger partial charge in [-0.3, -0.25) is 4.90 Å². The maximum Gasteiger partial charge on any atom is 0.119 e. The molecule has 3 nitrogen and oxygen atoms in total. The van der Waals surface area contributed by atoms with Crippen LogP contribution < -0.4 is 4.74 Å². The Morgan fingerprint density at radius 1 is 1.04 bits per heavy atom. The fourth-order valence-electron chi connectivity index (χ4n) is 3.64. The smallest absolute Gasteiger partial charge is 0.119 e. The molecular formula is C22H32N2OS. The predicted octanol–water partition coefficient (Wildman–Crippen LogP) is 4.42. The van der Waals surface area contributed by atoms with Crippen molar-refractivity contribution in [2.75, 3.05) is 45.9 Å². The van der Waals surface area contributed by atoms with Gasteiger partial charge >= 0.3 is 0 Å². The number of benzene rings is 1. The number of hydrogen-bond donors (Lipinski definition) is 0. The third-order valence-electron chi connectivity index (χ3n) is 5.26. The lowest BCUT2D eigenvalue weighted by atomic mass is 9.98. The molecule has 0 atom stereocenters. The molecular weight excluding hydrogens is 340 g/mol. The Hall–Kier alpha value is -1.36. The van der Waals surface area contributed by atoms with Gasteiger partial charge in [0.1, 0.15) is 12.4 Å². The number of aryl methyl sites for hydroxylation is 1. The second-order valence-corrected chi connectivity index (χ2v) is 8.57.